The van der Waals surface area contributed by atoms with Crippen LogP contribution in [0.3, 0.4) is 0 Å². The van der Waals surface area contributed by atoms with Crippen molar-refractivity contribution < 1.29 is 18.3 Å². The van der Waals surface area contributed by atoms with Crippen LogP contribution >= 0.6 is 0 Å². The van der Waals surface area contributed by atoms with E-state index in [4.69, 9.17) is 4.74 Å². The highest BCUT2D eigenvalue weighted by atomic mass is 19.3. The van der Waals surface area contributed by atoms with E-state index in [0.29, 0.717) is 38.5 Å². The van der Waals surface area contributed by atoms with Crippen molar-refractivity contribution in [3.8, 4) is 0 Å². The summed E-state index contributed by atoms with van der Waals surface area (Å²) in [6.45, 7) is 9.43. The van der Waals surface area contributed by atoms with Crippen LogP contribution in [-0.2, 0) is 11.2 Å². The van der Waals surface area contributed by atoms with E-state index in [-0.39, 0.29) is 18.7 Å². The fourth-order valence-corrected chi connectivity index (χ4v) is 5.36. The summed E-state index contributed by atoms with van der Waals surface area (Å²) in [7, 11) is 0. The van der Waals surface area contributed by atoms with Crippen molar-refractivity contribution in [1.82, 2.24) is 24.8 Å². The third kappa shape index (κ3) is 5.25. The Bertz CT molecular complexity index is 1250. The number of aromatic amines is 1. The summed E-state index contributed by atoms with van der Waals surface area (Å²) in [5.74, 6) is 0.564. The van der Waals surface area contributed by atoms with Crippen LogP contribution in [0.15, 0.2) is 36.7 Å². The zero-order valence-electron chi connectivity index (χ0n) is 21.7. The zero-order valence-corrected chi connectivity index (χ0v) is 21.7. The third-order valence-electron chi connectivity index (χ3n) is 7.05. The van der Waals surface area contributed by atoms with Gasteiger partial charge in [-0.15, -0.1) is 0 Å². The number of hydrogen-bond acceptors (Lipinski definition) is 6. The molecule has 2 atom stereocenters. The Balaban J connectivity index is 1.37. The molecule has 1 fully saturated rings. The monoisotopic (exact) mass is 512 g/mol. The normalized spacial score (nSPS) is 20.9. The van der Waals surface area contributed by atoms with E-state index in [1.807, 2.05) is 55.7 Å². The molecule has 37 heavy (non-hydrogen) atoms. The van der Waals surface area contributed by atoms with Crippen molar-refractivity contribution in [2.24, 2.45) is 0 Å². The number of para-hydroxylation sites is 1. The number of ether oxygens (including phenoxy) is 1. The van der Waals surface area contributed by atoms with Crippen molar-refractivity contribution in [1.29, 1.82) is 0 Å². The van der Waals surface area contributed by atoms with E-state index in [9.17, 15) is 13.6 Å². The highest BCUT2D eigenvalue weighted by Crippen LogP contribution is 2.40. The van der Waals surface area contributed by atoms with Crippen LogP contribution in [0.2, 0.25) is 0 Å². The molecule has 0 saturated carbocycles. The quantitative estimate of drug-likeness (QED) is 0.550. The Morgan fingerprint density at radius 3 is 2.46 bits per heavy atom. The first-order valence-corrected chi connectivity index (χ1v) is 12.8. The lowest BCUT2D eigenvalue weighted by atomic mass is 9.89. The van der Waals surface area contributed by atoms with Crippen LogP contribution in [0, 0.1) is 0 Å². The molecule has 2 aliphatic rings. The summed E-state index contributed by atoms with van der Waals surface area (Å²) < 4.78 is 32.7. The molecule has 8 nitrogen and oxygen atoms in total. The summed E-state index contributed by atoms with van der Waals surface area (Å²) in [4.78, 5) is 30.7. The molecular weight excluding hydrogens is 478 g/mol. The Labute approximate surface area is 215 Å². The fraction of sp³-hybridized carbons (Fsp3) is 0.519. The third-order valence-corrected chi connectivity index (χ3v) is 7.05. The predicted molar refractivity (Wildman–Crippen MR) is 138 cm³/mol. The van der Waals surface area contributed by atoms with Crippen LogP contribution in [0.5, 0.6) is 0 Å². The number of aromatic nitrogens is 3. The highest BCUT2D eigenvalue weighted by molar-refractivity contribution is 5.85. The molecule has 0 bridgehead atoms. The van der Waals surface area contributed by atoms with Crippen LogP contribution < -0.4 is 4.90 Å². The van der Waals surface area contributed by atoms with Gasteiger partial charge in [0.1, 0.15) is 5.60 Å². The van der Waals surface area contributed by atoms with Gasteiger partial charge in [-0.3, -0.25) is 4.90 Å². The topological polar surface area (TPSA) is 77.6 Å². The van der Waals surface area contributed by atoms with Crippen molar-refractivity contribution in [2.75, 3.05) is 37.6 Å². The number of carbonyl (C=O) groups is 1. The number of amides is 1. The molecule has 1 amide bonds. The predicted octanol–water partition coefficient (Wildman–Crippen LogP) is 4.62. The Hall–Kier alpha value is -3.27. The highest BCUT2D eigenvalue weighted by Gasteiger charge is 2.37. The number of piperazine rings is 1. The van der Waals surface area contributed by atoms with Gasteiger partial charge in [0.25, 0.3) is 6.43 Å². The van der Waals surface area contributed by atoms with Crippen LogP contribution in [-0.4, -0.2) is 81.6 Å². The lowest BCUT2D eigenvalue weighted by Gasteiger charge is -2.40. The molecule has 198 valence electrons. The fourth-order valence-electron chi connectivity index (χ4n) is 5.36. The number of nitrogens with one attached hydrogen (secondary N) is 1. The summed E-state index contributed by atoms with van der Waals surface area (Å²) in [6.07, 6.45) is 1.43. The minimum atomic E-state index is -2.45. The summed E-state index contributed by atoms with van der Waals surface area (Å²) in [5.41, 5.74) is 3.34. The van der Waals surface area contributed by atoms with Gasteiger partial charge in [-0.05, 0) is 45.7 Å². The molecule has 0 radical (unpaired) electrons. The Kier molecular flexibility index (Phi) is 6.78. The molecule has 2 aliphatic heterocycles. The smallest absolute Gasteiger partial charge is 0.410 e. The van der Waals surface area contributed by atoms with E-state index < -0.39 is 18.1 Å². The second-order valence-corrected chi connectivity index (χ2v) is 10.9. The Morgan fingerprint density at radius 2 is 1.81 bits per heavy atom. The molecular formula is C27H34F2N6O2. The van der Waals surface area contributed by atoms with Gasteiger partial charge in [0.05, 0.1) is 12.6 Å². The van der Waals surface area contributed by atoms with Gasteiger partial charge in [-0.1, -0.05) is 18.2 Å². The molecule has 1 aromatic carbocycles. The summed E-state index contributed by atoms with van der Waals surface area (Å²) in [6, 6.07) is 7.61. The number of alkyl halides is 2. The van der Waals surface area contributed by atoms with Crippen LogP contribution in [0.1, 0.15) is 50.6 Å². The number of fused-ring (bicyclic) bond motifs is 3. The van der Waals surface area contributed by atoms with Gasteiger partial charge >= 0.3 is 6.09 Å². The van der Waals surface area contributed by atoms with Crippen LogP contribution in [0.25, 0.3) is 10.9 Å². The molecule has 2 aromatic heterocycles. The largest absolute Gasteiger partial charge is 0.444 e. The van der Waals surface area contributed by atoms with Gasteiger partial charge in [-0.2, -0.15) is 0 Å². The molecule has 5 rings (SSSR count). The lowest BCUT2D eigenvalue weighted by molar-refractivity contribution is 0.0240. The average molecular weight is 513 g/mol. The molecule has 0 aliphatic carbocycles. The van der Waals surface area contributed by atoms with Gasteiger partial charge in [0.15, 0.2) is 0 Å². The van der Waals surface area contributed by atoms with Crippen molar-refractivity contribution in [3.05, 3.63) is 53.5 Å². The number of nitrogens with zero attached hydrogens (tertiary/aromatic N) is 5. The number of carbonyl (C=O) groups excluding carboxylic acids is 1. The van der Waals surface area contributed by atoms with Crippen molar-refractivity contribution in [2.45, 2.75) is 58.2 Å². The van der Waals surface area contributed by atoms with Crippen molar-refractivity contribution in [3.63, 3.8) is 0 Å². The van der Waals surface area contributed by atoms with Gasteiger partial charge in [0.2, 0.25) is 5.95 Å². The van der Waals surface area contributed by atoms with E-state index in [1.165, 1.54) is 5.56 Å². The van der Waals surface area contributed by atoms with Gasteiger partial charge < -0.3 is 19.5 Å². The van der Waals surface area contributed by atoms with E-state index >= 15 is 0 Å². The number of H-pyrrole nitrogens is 1. The number of hydrogen-bond donors (Lipinski definition) is 1. The van der Waals surface area contributed by atoms with Crippen molar-refractivity contribution >= 4 is 22.9 Å². The SMILES string of the molecule is C[C@@H]1Cc2c([nH]c3ccccc23)[C@@H](c2cnc(N3CCN(C(=O)OC(C)(C)C)CC3)nc2)N1CC(F)F. The second kappa shape index (κ2) is 9.89. The van der Waals surface area contributed by atoms with E-state index in [2.05, 4.69) is 21.0 Å². The van der Waals surface area contributed by atoms with E-state index in [1.54, 1.807) is 17.3 Å². The molecule has 10 heteroatoms. The maximum atomic E-state index is 13.6. The molecule has 4 heterocycles. The molecule has 1 N–H and O–H groups in total. The Morgan fingerprint density at radius 1 is 1.14 bits per heavy atom. The minimum Gasteiger partial charge on any atom is -0.444 e. The molecule has 3 aromatic rings. The maximum Gasteiger partial charge on any atom is 0.410 e. The number of halogens is 2. The first kappa shape index (κ1) is 25.4. The molecule has 0 spiro atoms. The van der Waals surface area contributed by atoms with Crippen LogP contribution in [0.4, 0.5) is 19.5 Å². The second-order valence-electron chi connectivity index (χ2n) is 10.9. The minimum absolute atomic E-state index is 0.0636. The molecule has 1 saturated heterocycles. The van der Waals surface area contributed by atoms with Gasteiger partial charge in [0, 0.05) is 66.8 Å². The molecule has 0 unspecified atom stereocenters. The summed E-state index contributed by atoms with van der Waals surface area (Å²) in [5, 5.41) is 1.13. The number of benzene rings is 1. The van der Waals surface area contributed by atoms with E-state index in [0.717, 1.165) is 22.2 Å². The number of anilines is 1. The summed E-state index contributed by atoms with van der Waals surface area (Å²) >= 11 is 0. The standard InChI is InChI=1S/C27H34F2N6O2/c1-17-13-20-19-7-5-6-8-21(19)32-23(20)24(35(17)16-22(28)29)18-14-30-25(31-15-18)33-9-11-34(12-10-33)26(36)37-27(2,3)4/h5-8,14-15,17,22,24,32H,9-13,16H2,1-4H3/t17-,24-/m1/s1. The average Bonchev–Trinajstić information content (AvgIpc) is 3.21. The number of rotatable bonds is 4. The first-order valence-electron chi connectivity index (χ1n) is 12.8. The first-order chi connectivity index (χ1) is 17.6. The lowest BCUT2D eigenvalue weighted by Crippen LogP contribution is -2.50. The maximum absolute atomic E-state index is 13.6. The zero-order chi connectivity index (χ0) is 26.3. The van der Waals surface area contributed by atoms with Gasteiger partial charge in [-0.25, -0.2) is 23.5 Å².